The van der Waals surface area contributed by atoms with Crippen LogP contribution in [0.2, 0.25) is 0 Å². The molecule has 1 aliphatic heterocycles. The normalized spacial score (nSPS) is 23.1. The van der Waals surface area contributed by atoms with Crippen LogP contribution in [0.15, 0.2) is 0 Å². The van der Waals surface area contributed by atoms with E-state index in [9.17, 15) is 32.4 Å². The molecule has 1 saturated carbocycles. The van der Waals surface area contributed by atoms with Crippen LogP contribution in [0.3, 0.4) is 0 Å². The molecule has 0 aromatic heterocycles. The van der Waals surface area contributed by atoms with Crippen molar-refractivity contribution in [3.8, 4) is 0 Å². The number of Topliss-reactive ketones (excluding diaryl/α,β-unsaturated/α-hetero) is 1. The third-order valence-electron chi connectivity index (χ3n) is 7.73. The highest BCUT2D eigenvalue weighted by atomic mass is 32.2. The van der Waals surface area contributed by atoms with E-state index in [0.717, 1.165) is 6.26 Å². The maximum absolute atomic E-state index is 13.9. The van der Waals surface area contributed by atoms with Crippen molar-refractivity contribution < 1.29 is 37.1 Å². The van der Waals surface area contributed by atoms with Crippen molar-refractivity contribution in [3.05, 3.63) is 0 Å². The molecule has 0 spiro atoms. The summed E-state index contributed by atoms with van der Waals surface area (Å²) in [5.41, 5.74) is -1.68. The lowest BCUT2D eigenvalue weighted by molar-refractivity contribution is -0.145. The Labute approximate surface area is 244 Å². The zero-order valence-electron chi connectivity index (χ0n) is 26.0. The van der Waals surface area contributed by atoms with E-state index >= 15 is 0 Å². The van der Waals surface area contributed by atoms with Crippen LogP contribution in [0.1, 0.15) is 75.2 Å². The van der Waals surface area contributed by atoms with Gasteiger partial charge in [0.05, 0.1) is 11.8 Å². The van der Waals surface area contributed by atoms with Gasteiger partial charge in [-0.05, 0) is 49.9 Å². The SMILES string of the molecule is CCCC(NC(=O)[C@@H]1[C@@H]2C(CN1C(=O)C(NC(=O)OC(C)(C)C)C(C)(C)C)C2(C)C)C(=O)C(=O)NCCS(C)(=O)=O. The molecule has 4 amide bonds. The summed E-state index contributed by atoms with van der Waals surface area (Å²) in [7, 11) is -3.33. The predicted octanol–water partition coefficient (Wildman–Crippen LogP) is 1.42. The molecule has 3 unspecified atom stereocenters. The van der Waals surface area contributed by atoms with Crippen molar-refractivity contribution in [2.75, 3.05) is 25.1 Å². The Bertz CT molecular complexity index is 1150. The quantitative estimate of drug-likeness (QED) is 0.299. The molecule has 1 aliphatic carbocycles. The Morgan fingerprint density at radius 1 is 1.02 bits per heavy atom. The molecule has 13 heteroatoms. The maximum atomic E-state index is 13.9. The van der Waals surface area contributed by atoms with Crippen molar-refractivity contribution in [3.63, 3.8) is 0 Å². The van der Waals surface area contributed by atoms with E-state index in [1.807, 2.05) is 13.8 Å². The number of sulfone groups is 1. The topological polar surface area (TPSA) is 168 Å². The molecule has 234 valence electrons. The molecule has 1 saturated heterocycles. The van der Waals surface area contributed by atoms with E-state index in [0.29, 0.717) is 13.0 Å². The number of fused-ring (bicyclic) bond motifs is 1. The third kappa shape index (κ3) is 8.89. The number of ether oxygens (including phenoxy) is 1. The van der Waals surface area contributed by atoms with Crippen molar-refractivity contribution >= 4 is 39.4 Å². The van der Waals surface area contributed by atoms with Crippen molar-refractivity contribution in [1.29, 1.82) is 0 Å². The fourth-order valence-electron chi connectivity index (χ4n) is 5.46. The largest absolute Gasteiger partial charge is 0.444 e. The van der Waals surface area contributed by atoms with Gasteiger partial charge in [-0.25, -0.2) is 13.2 Å². The number of rotatable bonds is 11. The summed E-state index contributed by atoms with van der Waals surface area (Å²) in [4.78, 5) is 67.2. The van der Waals surface area contributed by atoms with E-state index < -0.39 is 68.6 Å². The van der Waals surface area contributed by atoms with Gasteiger partial charge >= 0.3 is 6.09 Å². The number of nitrogens with one attached hydrogen (secondary N) is 3. The molecule has 0 aromatic carbocycles. The molecule has 1 heterocycles. The van der Waals surface area contributed by atoms with Gasteiger partial charge in [-0.2, -0.15) is 0 Å². The molecule has 0 aromatic rings. The average molecular weight is 601 g/mol. The van der Waals surface area contributed by atoms with E-state index in [1.165, 1.54) is 4.90 Å². The minimum atomic E-state index is -3.33. The van der Waals surface area contributed by atoms with Crippen molar-refractivity contribution in [2.45, 2.75) is 98.9 Å². The van der Waals surface area contributed by atoms with Gasteiger partial charge in [0.1, 0.15) is 27.5 Å². The number of carbonyl (C=O) groups excluding carboxylic acids is 5. The Morgan fingerprint density at radius 3 is 2.10 bits per heavy atom. The molecular weight excluding hydrogens is 552 g/mol. The van der Waals surface area contributed by atoms with E-state index in [4.69, 9.17) is 4.74 Å². The second kappa shape index (κ2) is 12.3. The average Bonchev–Trinajstić information content (AvgIpc) is 3.13. The first-order chi connectivity index (χ1) is 18.5. The summed E-state index contributed by atoms with van der Waals surface area (Å²) in [6, 6.07) is -3.02. The molecule has 0 bridgehead atoms. The lowest BCUT2D eigenvalue weighted by Crippen LogP contribution is -2.60. The first-order valence-electron chi connectivity index (χ1n) is 14.1. The molecule has 2 rings (SSSR count). The second-order valence-corrected chi connectivity index (χ2v) is 16.2. The Hall–Kier alpha value is -2.70. The van der Waals surface area contributed by atoms with Crippen LogP contribution in [-0.2, 0) is 33.8 Å². The molecule has 3 N–H and O–H groups in total. The van der Waals surface area contributed by atoms with E-state index in [1.54, 1.807) is 48.5 Å². The number of hydrogen-bond donors (Lipinski definition) is 3. The molecule has 2 aliphatic rings. The minimum Gasteiger partial charge on any atom is -0.444 e. The van der Waals surface area contributed by atoms with Crippen molar-refractivity contribution in [2.24, 2.45) is 22.7 Å². The van der Waals surface area contributed by atoms with E-state index in [-0.39, 0.29) is 36.0 Å². The highest BCUT2D eigenvalue weighted by Gasteiger charge is 2.70. The van der Waals surface area contributed by atoms with Gasteiger partial charge in [0.15, 0.2) is 0 Å². The Kier molecular flexibility index (Phi) is 10.3. The third-order valence-corrected chi connectivity index (χ3v) is 8.67. The van der Waals surface area contributed by atoms with Crippen LogP contribution in [0.5, 0.6) is 0 Å². The summed E-state index contributed by atoms with van der Waals surface area (Å²) in [6.07, 6.45) is 0.958. The summed E-state index contributed by atoms with van der Waals surface area (Å²) in [5, 5.41) is 7.70. The molecule has 12 nitrogen and oxygen atoms in total. The van der Waals surface area contributed by atoms with Crippen LogP contribution in [0.4, 0.5) is 4.79 Å². The molecule has 2 fully saturated rings. The lowest BCUT2D eigenvalue weighted by Gasteiger charge is -2.38. The number of ketones is 1. The Morgan fingerprint density at radius 2 is 1.61 bits per heavy atom. The smallest absolute Gasteiger partial charge is 0.408 e. The number of nitrogens with zero attached hydrogens (tertiary/aromatic N) is 1. The molecule has 41 heavy (non-hydrogen) atoms. The minimum absolute atomic E-state index is 0.0592. The second-order valence-electron chi connectivity index (χ2n) is 13.9. The Balaban J connectivity index is 2.26. The van der Waals surface area contributed by atoms with Crippen LogP contribution in [-0.4, -0.2) is 91.7 Å². The monoisotopic (exact) mass is 600 g/mol. The van der Waals surface area contributed by atoms with Crippen LogP contribution in [0.25, 0.3) is 0 Å². The van der Waals surface area contributed by atoms with Gasteiger partial charge in [-0.3, -0.25) is 19.2 Å². The zero-order chi connectivity index (χ0) is 31.7. The molecule has 5 atom stereocenters. The standard InChI is InChI=1S/C28H48N4O8S/c1-11-12-17(20(33)23(35)29-13-14-41(10,38)39)30-22(34)19-18-16(28(18,8)9)15-32(19)24(36)21(26(2,3)4)31-25(37)40-27(5,6)7/h16-19,21H,11-15H2,1-10H3,(H,29,35)(H,30,34)(H,31,37)/t16?,17?,18-,19-,21?/m0/s1. The highest BCUT2D eigenvalue weighted by Crippen LogP contribution is 2.65. The lowest BCUT2D eigenvalue weighted by atomic mass is 9.85. The van der Waals surface area contributed by atoms with Crippen LogP contribution >= 0.6 is 0 Å². The first kappa shape index (κ1) is 34.5. The van der Waals surface area contributed by atoms with Crippen LogP contribution < -0.4 is 16.0 Å². The van der Waals surface area contributed by atoms with Gasteiger partial charge < -0.3 is 25.6 Å². The first-order valence-corrected chi connectivity index (χ1v) is 16.2. The van der Waals surface area contributed by atoms with Crippen molar-refractivity contribution in [1.82, 2.24) is 20.9 Å². The summed E-state index contributed by atoms with van der Waals surface area (Å²) >= 11 is 0. The fourth-order valence-corrected chi connectivity index (χ4v) is 5.94. The number of alkyl carbamates (subject to hydrolysis) is 1. The number of likely N-dealkylation sites (tertiary alicyclic amines) is 1. The van der Waals surface area contributed by atoms with Gasteiger partial charge in [0, 0.05) is 19.3 Å². The van der Waals surface area contributed by atoms with Gasteiger partial charge in [0.25, 0.3) is 5.91 Å². The summed E-state index contributed by atoms with van der Waals surface area (Å²) in [5.74, 6) is -3.25. The number of piperidine rings is 1. The van der Waals surface area contributed by atoms with Gasteiger partial charge in [-0.1, -0.05) is 48.0 Å². The summed E-state index contributed by atoms with van der Waals surface area (Å²) in [6.45, 7) is 16.5. The fraction of sp³-hybridized carbons (Fsp3) is 0.821. The zero-order valence-corrected chi connectivity index (χ0v) is 26.9. The van der Waals surface area contributed by atoms with Gasteiger partial charge in [-0.15, -0.1) is 0 Å². The maximum Gasteiger partial charge on any atom is 0.408 e. The van der Waals surface area contributed by atoms with Gasteiger partial charge in [0.2, 0.25) is 17.6 Å². The van der Waals surface area contributed by atoms with E-state index in [2.05, 4.69) is 16.0 Å². The number of hydrogen-bond acceptors (Lipinski definition) is 8. The summed E-state index contributed by atoms with van der Waals surface area (Å²) < 4.78 is 28.1. The number of carbonyl (C=O) groups is 5. The molecular formula is C28H48N4O8S. The number of amides is 4. The molecule has 0 radical (unpaired) electrons. The van der Waals surface area contributed by atoms with Crippen LogP contribution in [0, 0.1) is 22.7 Å². The predicted molar refractivity (Wildman–Crippen MR) is 153 cm³/mol. The highest BCUT2D eigenvalue weighted by molar-refractivity contribution is 7.90.